The number of hydrogen-bond acceptors (Lipinski definition) is 3. The zero-order valence-electron chi connectivity index (χ0n) is 13.8. The van der Waals surface area contributed by atoms with Gasteiger partial charge >= 0.3 is 0 Å². The van der Waals surface area contributed by atoms with Crippen LogP contribution in [0.4, 0.5) is 10.1 Å². The molecule has 136 valence electrons. The molecule has 8 heteroatoms. The summed E-state index contributed by atoms with van der Waals surface area (Å²) >= 11 is 5.78. The van der Waals surface area contributed by atoms with Gasteiger partial charge in [0.25, 0.3) is 10.0 Å². The van der Waals surface area contributed by atoms with Gasteiger partial charge in [-0.15, -0.1) is 0 Å². The van der Waals surface area contributed by atoms with Crippen LogP contribution in [0, 0.1) is 5.82 Å². The first-order valence-electron chi connectivity index (χ1n) is 7.94. The number of rotatable bonds is 4. The molecule has 0 saturated carbocycles. The van der Waals surface area contributed by atoms with E-state index in [9.17, 15) is 12.8 Å². The predicted octanol–water partition coefficient (Wildman–Crippen LogP) is 4.82. The molecule has 1 heterocycles. The first kappa shape index (κ1) is 17.5. The predicted molar refractivity (Wildman–Crippen MR) is 104 cm³/mol. The van der Waals surface area contributed by atoms with Crippen LogP contribution in [0.1, 0.15) is 0 Å². The lowest BCUT2D eigenvalue weighted by molar-refractivity contribution is 0.570. The zero-order valence-corrected chi connectivity index (χ0v) is 15.4. The highest BCUT2D eigenvalue weighted by Crippen LogP contribution is 2.26. The molecule has 0 bridgehead atoms. The van der Waals surface area contributed by atoms with E-state index in [1.165, 1.54) is 6.07 Å². The van der Waals surface area contributed by atoms with Crippen LogP contribution in [0.3, 0.4) is 0 Å². The minimum absolute atomic E-state index is 0.140. The SMILES string of the molecule is O=S(=O)(Nc1ccc(-c2ccc3cn[nH]c3c2)cc1)c1cc(Cl)ccc1F. The highest BCUT2D eigenvalue weighted by molar-refractivity contribution is 7.92. The number of benzene rings is 3. The van der Waals surface area contributed by atoms with Gasteiger partial charge in [0.05, 0.1) is 11.7 Å². The van der Waals surface area contributed by atoms with Crippen LogP contribution in [-0.4, -0.2) is 18.6 Å². The minimum atomic E-state index is -4.09. The Labute approximate surface area is 159 Å². The second kappa shape index (κ2) is 6.68. The molecule has 2 N–H and O–H groups in total. The van der Waals surface area contributed by atoms with Gasteiger partial charge < -0.3 is 0 Å². The lowest BCUT2D eigenvalue weighted by atomic mass is 10.0. The van der Waals surface area contributed by atoms with Crippen molar-refractivity contribution in [3.05, 3.63) is 77.7 Å². The number of H-pyrrole nitrogens is 1. The second-order valence-electron chi connectivity index (χ2n) is 5.93. The molecule has 0 amide bonds. The fourth-order valence-electron chi connectivity index (χ4n) is 2.74. The van der Waals surface area contributed by atoms with Crippen LogP contribution in [0.2, 0.25) is 5.02 Å². The highest BCUT2D eigenvalue weighted by Gasteiger charge is 2.19. The highest BCUT2D eigenvalue weighted by atomic mass is 35.5. The summed E-state index contributed by atoms with van der Waals surface area (Å²) in [5, 5.41) is 8.05. The molecule has 4 rings (SSSR count). The van der Waals surface area contributed by atoms with Gasteiger partial charge in [-0.2, -0.15) is 5.10 Å². The molecule has 0 atom stereocenters. The van der Waals surface area contributed by atoms with E-state index in [4.69, 9.17) is 11.6 Å². The van der Waals surface area contributed by atoms with Crippen LogP contribution in [0.15, 0.2) is 71.8 Å². The van der Waals surface area contributed by atoms with Crippen molar-refractivity contribution in [3.8, 4) is 11.1 Å². The fourth-order valence-corrected chi connectivity index (χ4v) is 4.14. The number of anilines is 1. The number of aromatic nitrogens is 2. The lowest BCUT2D eigenvalue weighted by Crippen LogP contribution is -2.14. The van der Waals surface area contributed by atoms with E-state index in [0.717, 1.165) is 34.2 Å². The van der Waals surface area contributed by atoms with Gasteiger partial charge in [-0.05, 0) is 47.5 Å². The van der Waals surface area contributed by atoms with Gasteiger partial charge in [-0.25, -0.2) is 12.8 Å². The van der Waals surface area contributed by atoms with E-state index < -0.39 is 20.7 Å². The number of halogens is 2. The molecule has 0 fully saturated rings. The Bertz CT molecular complexity index is 1240. The molecule has 0 aliphatic carbocycles. The largest absolute Gasteiger partial charge is 0.280 e. The smallest absolute Gasteiger partial charge is 0.264 e. The fraction of sp³-hybridized carbons (Fsp3) is 0. The second-order valence-corrected chi connectivity index (χ2v) is 8.02. The van der Waals surface area contributed by atoms with E-state index in [1.807, 2.05) is 18.2 Å². The first-order valence-corrected chi connectivity index (χ1v) is 9.80. The molecule has 1 aromatic heterocycles. The van der Waals surface area contributed by atoms with E-state index in [2.05, 4.69) is 14.9 Å². The number of hydrogen-bond donors (Lipinski definition) is 2. The van der Waals surface area contributed by atoms with E-state index >= 15 is 0 Å². The van der Waals surface area contributed by atoms with Crippen molar-refractivity contribution in [2.75, 3.05) is 4.72 Å². The summed E-state index contributed by atoms with van der Waals surface area (Å²) in [6.45, 7) is 0. The quantitative estimate of drug-likeness (QED) is 0.514. The third kappa shape index (κ3) is 3.51. The number of nitrogens with one attached hydrogen (secondary N) is 2. The molecule has 5 nitrogen and oxygen atoms in total. The number of fused-ring (bicyclic) bond motifs is 1. The molecule has 0 saturated heterocycles. The summed E-state index contributed by atoms with van der Waals surface area (Å²) in [6, 6.07) is 16.1. The molecule has 4 aromatic rings. The van der Waals surface area contributed by atoms with Crippen LogP contribution < -0.4 is 4.72 Å². The summed E-state index contributed by atoms with van der Waals surface area (Å²) < 4.78 is 41.1. The Kier molecular flexibility index (Phi) is 4.33. The number of nitrogens with zero attached hydrogens (tertiary/aromatic N) is 1. The van der Waals surface area contributed by atoms with Crippen LogP contribution >= 0.6 is 11.6 Å². The molecule has 0 radical (unpaired) electrons. The Morgan fingerprint density at radius 3 is 2.48 bits per heavy atom. The average molecular weight is 402 g/mol. The maximum atomic E-state index is 13.9. The molecule has 27 heavy (non-hydrogen) atoms. The molecule has 3 aromatic carbocycles. The van der Waals surface area contributed by atoms with Crippen molar-refractivity contribution < 1.29 is 12.8 Å². The van der Waals surface area contributed by atoms with Gasteiger partial charge in [0, 0.05) is 16.1 Å². The molecule has 0 unspecified atom stereocenters. The summed E-state index contributed by atoms with van der Waals surface area (Å²) in [5.74, 6) is -0.864. The Hall–Kier alpha value is -2.90. The summed E-state index contributed by atoms with van der Waals surface area (Å²) in [4.78, 5) is -0.497. The monoisotopic (exact) mass is 401 g/mol. The average Bonchev–Trinajstić information content (AvgIpc) is 3.11. The summed E-state index contributed by atoms with van der Waals surface area (Å²) in [5.41, 5.74) is 3.10. The summed E-state index contributed by atoms with van der Waals surface area (Å²) in [6.07, 6.45) is 1.74. The standard InChI is InChI=1S/C19H13ClFN3O2S/c20-15-5-8-17(21)19(10-15)27(25,26)24-16-6-3-12(4-7-16)13-1-2-14-11-22-23-18(14)9-13/h1-11,24H,(H,22,23). The van der Waals surface area contributed by atoms with Crippen LogP contribution in [-0.2, 0) is 10.0 Å². The normalized spacial score (nSPS) is 11.6. The topological polar surface area (TPSA) is 74.8 Å². The van der Waals surface area contributed by atoms with Gasteiger partial charge in [-0.3, -0.25) is 9.82 Å². The van der Waals surface area contributed by atoms with Crippen molar-refractivity contribution in [1.29, 1.82) is 0 Å². The van der Waals surface area contributed by atoms with Gasteiger partial charge in [0.15, 0.2) is 0 Å². The maximum absolute atomic E-state index is 13.9. The Balaban J connectivity index is 1.61. The van der Waals surface area contributed by atoms with E-state index in [1.54, 1.807) is 30.5 Å². The molecular formula is C19H13ClFN3O2S. The van der Waals surface area contributed by atoms with Crippen LogP contribution in [0.5, 0.6) is 0 Å². The van der Waals surface area contributed by atoms with Gasteiger partial charge in [0.2, 0.25) is 0 Å². The number of sulfonamides is 1. The third-order valence-corrected chi connectivity index (χ3v) is 5.73. The molecule has 0 spiro atoms. The van der Waals surface area contributed by atoms with Gasteiger partial charge in [-0.1, -0.05) is 35.9 Å². The van der Waals surface area contributed by atoms with Crippen molar-refractivity contribution in [2.24, 2.45) is 0 Å². The Morgan fingerprint density at radius 1 is 0.963 bits per heavy atom. The molecule has 0 aliphatic rings. The number of aromatic amines is 1. The van der Waals surface area contributed by atoms with Crippen molar-refractivity contribution in [2.45, 2.75) is 4.90 Å². The zero-order chi connectivity index (χ0) is 19.0. The van der Waals surface area contributed by atoms with Gasteiger partial charge in [0.1, 0.15) is 10.7 Å². The first-order chi connectivity index (χ1) is 12.9. The lowest BCUT2D eigenvalue weighted by Gasteiger charge is -2.10. The van der Waals surface area contributed by atoms with Crippen molar-refractivity contribution in [3.63, 3.8) is 0 Å². The van der Waals surface area contributed by atoms with Crippen molar-refractivity contribution in [1.82, 2.24) is 10.2 Å². The molecule has 0 aliphatic heterocycles. The third-order valence-electron chi connectivity index (χ3n) is 4.10. The maximum Gasteiger partial charge on any atom is 0.264 e. The minimum Gasteiger partial charge on any atom is -0.280 e. The van der Waals surface area contributed by atoms with E-state index in [-0.39, 0.29) is 5.02 Å². The van der Waals surface area contributed by atoms with E-state index in [0.29, 0.717) is 5.69 Å². The Morgan fingerprint density at radius 2 is 1.70 bits per heavy atom. The molecular weight excluding hydrogens is 389 g/mol. The summed E-state index contributed by atoms with van der Waals surface area (Å²) in [7, 11) is -4.09. The van der Waals surface area contributed by atoms with Crippen LogP contribution in [0.25, 0.3) is 22.0 Å². The van der Waals surface area contributed by atoms with Crippen molar-refractivity contribution >= 4 is 38.2 Å².